The van der Waals surface area contributed by atoms with Gasteiger partial charge in [0.05, 0.1) is 24.7 Å². The zero-order valence-corrected chi connectivity index (χ0v) is 12.4. The van der Waals surface area contributed by atoms with Crippen LogP contribution in [0.1, 0.15) is 9.67 Å². The molecule has 1 aromatic heterocycles. The molecule has 1 amide bonds. The van der Waals surface area contributed by atoms with Crippen LogP contribution >= 0.6 is 27.3 Å². The number of methoxy groups -OCH3 is 1. The van der Waals surface area contributed by atoms with Crippen LogP contribution in [0.2, 0.25) is 0 Å². The van der Waals surface area contributed by atoms with E-state index in [4.69, 9.17) is 15.2 Å². The lowest BCUT2D eigenvalue weighted by molar-refractivity contribution is -0.0165. The predicted octanol–water partition coefficient (Wildman–Crippen LogP) is 1.32. The van der Waals surface area contributed by atoms with Gasteiger partial charge < -0.3 is 20.1 Å². The molecular formula is C11H15BrN2O3S. The van der Waals surface area contributed by atoms with Crippen molar-refractivity contribution in [3.05, 3.63) is 14.7 Å². The lowest BCUT2D eigenvalue weighted by atomic mass is 10.2. The van der Waals surface area contributed by atoms with E-state index in [0.717, 1.165) is 3.79 Å². The summed E-state index contributed by atoms with van der Waals surface area (Å²) in [5.41, 5.74) is 5.57. The van der Waals surface area contributed by atoms with Crippen LogP contribution < -0.4 is 10.5 Å². The molecule has 1 fully saturated rings. The first-order valence-electron chi connectivity index (χ1n) is 5.60. The molecular weight excluding hydrogens is 320 g/mol. The maximum atomic E-state index is 12.3. The maximum absolute atomic E-state index is 12.3. The molecule has 2 heterocycles. The fraction of sp³-hybridized carbons (Fsp3) is 0.545. The molecule has 2 N–H and O–H groups in total. The Balaban J connectivity index is 2.10. The summed E-state index contributed by atoms with van der Waals surface area (Å²) >= 11 is 4.75. The number of nitrogens with zero attached hydrogens (tertiary/aromatic N) is 1. The maximum Gasteiger partial charge on any atom is 0.264 e. The van der Waals surface area contributed by atoms with E-state index in [2.05, 4.69) is 15.9 Å². The van der Waals surface area contributed by atoms with Gasteiger partial charge in [0.25, 0.3) is 5.91 Å². The van der Waals surface area contributed by atoms with Gasteiger partial charge >= 0.3 is 0 Å². The van der Waals surface area contributed by atoms with Crippen LogP contribution in [-0.4, -0.2) is 50.3 Å². The molecule has 0 radical (unpaired) electrons. The standard InChI is InChI=1S/C11H15BrN2O3S/c1-16-8-4-9(18-10(8)12)11(15)14-2-3-17-7(5-13)6-14/h4,7H,2-3,5-6,13H2,1H3. The summed E-state index contributed by atoms with van der Waals surface area (Å²) in [6.07, 6.45) is -0.0620. The van der Waals surface area contributed by atoms with Crippen LogP contribution in [0.15, 0.2) is 9.85 Å². The van der Waals surface area contributed by atoms with Gasteiger partial charge in [-0.3, -0.25) is 4.79 Å². The summed E-state index contributed by atoms with van der Waals surface area (Å²) in [5, 5.41) is 0. The highest BCUT2D eigenvalue weighted by molar-refractivity contribution is 9.11. The third-order valence-corrected chi connectivity index (χ3v) is 4.54. The number of thiophene rings is 1. The summed E-state index contributed by atoms with van der Waals surface area (Å²) in [5.74, 6) is 0.692. The van der Waals surface area contributed by atoms with Crippen LogP contribution in [-0.2, 0) is 4.74 Å². The highest BCUT2D eigenvalue weighted by Crippen LogP contribution is 2.35. The van der Waals surface area contributed by atoms with Crippen LogP contribution in [0, 0.1) is 0 Å². The minimum absolute atomic E-state index is 0.00532. The average Bonchev–Trinajstić information content (AvgIpc) is 2.79. The lowest BCUT2D eigenvalue weighted by Gasteiger charge is -2.32. The molecule has 1 aliphatic rings. The van der Waals surface area contributed by atoms with E-state index in [1.54, 1.807) is 18.1 Å². The molecule has 2 rings (SSSR count). The highest BCUT2D eigenvalue weighted by Gasteiger charge is 2.26. The van der Waals surface area contributed by atoms with E-state index in [9.17, 15) is 4.79 Å². The fourth-order valence-corrected chi connectivity index (χ4v) is 3.42. The molecule has 18 heavy (non-hydrogen) atoms. The van der Waals surface area contributed by atoms with Gasteiger partial charge in [-0.25, -0.2) is 0 Å². The van der Waals surface area contributed by atoms with E-state index < -0.39 is 0 Å². The number of ether oxygens (including phenoxy) is 2. The number of carbonyl (C=O) groups is 1. The molecule has 0 bridgehead atoms. The first-order chi connectivity index (χ1) is 8.65. The van der Waals surface area contributed by atoms with Crippen molar-refractivity contribution >= 4 is 33.2 Å². The Morgan fingerprint density at radius 3 is 3.17 bits per heavy atom. The third-order valence-electron chi connectivity index (χ3n) is 2.78. The molecule has 1 aliphatic heterocycles. The predicted molar refractivity (Wildman–Crippen MR) is 73.3 cm³/mol. The van der Waals surface area contributed by atoms with Gasteiger partial charge in [0.2, 0.25) is 0 Å². The number of hydrogen-bond acceptors (Lipinski definition) is 5. The number of rotatable bonds is 3. The Morgan fingerprint density at radius 2 is 2.56 bits per heavy atom. The molecule has 1 aromatic rings. The molecule has 0 aromatic carbocycles. The average molecular weight is 335 g/mol. The van der Waals surface area contributed by atoms with Crippen LogP contribution in [0.25, 0.3) is 0 Å². The normalized spacial score (nSPS) is 19.9. The molecule has 1 atom stereocenters. The summed E-state index contributed by atoms with van der Waals surface area (Å²) in [4.78, 5) is 14.7. The molecule has 0 spiro atoms. The van der Waals surface area contributed by atoms with Crippen molar-refractivity contribution in [3.8, 4) is 5.75 Å². The first kappa shape index (κ1) is 13.8. The van der Waals surface area contributed by atoms with Gasteiger partial charge in [0.15, 0.2) is 0 Å². The summed E-state index contributed by atoms with van der Waals surface area (Å²) in [6, 6.07) is 1.75. The first-order valence-corrected chi connectivity index (χ1v) is 7.21. The van der Waals surface area contributed by atoms with Crippen LogP contribution in [0.4, 0.5) is 0 Å². The number of morpholine rings is 1. The smallest absolute Gasteiger partial charge is 0.264 e. The SMILES string of the molecule is COc1cc(C(=O)N2CCOC(CN)C2)sc1Br. The number of halogens is 1. The third kappa shape index (κ3) is 2.85. The Morgan fingerprint density at radius 1 is 1.78 bits per heavy atom. The second-order valence-electron chi connectivity index (χ2n) is 3.93. The molecule has 0 aliphatic carbocycles. The van der Waals surface area contributed by atoms with Gasteiger partial charge in [-0.2, -0.15) is 0 Å². The molecule has 5 nitrogen and oxygen atoms in total. The molecule has 1 saturated heterocycles. The minimum atomic E-state index is -0.0620. The largest absolute Gasteiger partial charge is 0.495 e. The minimum Gasteiger partial charge on any atom is -0.495 e. The van der Waals surface area contributed by atoms with Gasteiger partial charge in [0, 0.05) is 25.7 Å². The van der Waals surface area contributed by atoms with E-state index in [1.165, 1.54) is 11.3 Å². The number of hydrogen-bond donors (Lipinski definition) is 1. The van der Waals surface area contributed by atoms with E-state index >= 15 is 0 Å². The van der Waals surface area contributed by atoms with Crippen LogP contribution in [0.3, 0.4) is 0 Å². The fourth-order valence-electron chi connectivity index (χ4n) is 1.80. The van der Waals surface area contributed by atoms with Crippen molar-refractivity contribution in [3.63, 3.8) is 0 Å². The van der Waals surface area contributed by atoms with E-state index in [1.807, 2.05) is 0 Å². The zero-order valence-electron chi connectivity index (χ0n) is 10.0. The second-order valence-corrected chi connectivity index (χ2v) is 6.30. The number of amides is 1. The van der Waals surface area contributed by atoms with E-state index in [0.29, 0.717) is 36.9 Å². The Hall–Kier alpha value is -0.630. The van der Waals surface area contributed by atoms with Crippen molar-refractivity contribution < 1.29 is 14.3 Å². The van der Waals surface area contributed by atoms with Crippen molar-refractivity contribution in [1.29, 1.82) is 0 Å². The topological polar surface area (TPSA) is 64.8 Å². The summed E-state index contributed by atoms with van der Waals surface area (Å²) in [6.45, 7) is 2.12. The molecule has 7 heteroatoms. The van der Waals surface area contributed by atoms with Gasteiger partial charge in [-0.15, -0.1) is 11.3 Å². The quantitative estimate of drug-likeness (QED) is 0.905. The molecule has 1 unspecified atom stereocenters. The Labute approximate surface area is 118 Å². The van der Waals surface area contributed by atoms with Crippen molar-refractivity contribution in [2.24, 2.45) is 5.73 Å². The summed E-state index contributed by atoms with van der Waals surface area (Å²) < 4.78 is 11.4. The van der Waals surface area contributed by atoms with Gasteiger partial charge in [-0.05, 0) is 15.9 Å². The second kappa shape index (κ2) is 6.01. The lowest BCUT2D eigenvalue weighted by Crippen LogP contribution is -2.48. The number of nitrogens with two attached hydrogens (primary N) is 1. The van der Waals surface area contributed by atoms with Crippen molar-refractivity contribution in [1.82, 2.24) is 4.90 Å². The van der Waals surface area contributed by atoms with Crippen molar-refractivity contribution in [2.45, 2.75) is 6.10 Å². The summed E-state index contributed by atoms with van der Waals surface area (Å²) in [7, 11) is 1.58. The Kier molecular flexibility index (Phi) is 4.60. The monoisotopic (exact) mass is 334 g/mol. The van der Waals surface area contributed by atoms with E-state index in [-0.39, 0.29) is 12.0 Å². The van der Waals surface area contributed by atoms with Crippen molar-refractivity contribution in [2.75, 3.05) is 33.4 Å². The highest BCUT2D eigenvalue weighted by atomic mass is 79.9. The molecule has 0 saturated carbocycles. The molecule has 100 valence electrons. The van der Waals surface area contributed by atoms with Gasteiger partial charge in [0.1, 0.15) is 9.54 Å². The zero-order chi connectivity index (χ0) is 13.1. The van der Waals surface area contributed by atoms with Gasteiger partial charge in [-0.1, -0.05) is 0 Å². The number of carbonyl (C=O) groups excluding carboxylic acids is 1. The Bertz CT molecular complexity index is 438. The van der Waals surface area contributed by atoms with Crippen LogP contribution in [0.5, 0.6) is 5.75 Å².